The number of carbonyl (C=O) groups is 4. The van der Waals surface area contributed by atoms with Crippen molar-refractivity contribution in [1.82, 2.24) is 40.5 Å². The van der Waals surface area contributed by atoms with E-state index in [1.54, 1.807) is 129 Å². The van der Waals surface area contributed by atoms with E-state index in [4.69, 9.17) is 27.8 Å². The maximum absolute atomic E-state index is 11.9. The Morgan fingerprint density at radius 3 is 1.55 bits per heavy atom. The zero-order valence-electron chi connectivity index (χ0n) is 34.8. The molecule has 9 N–H and O–H groups in total. The van der Waals surface area contributed by atoms with Crippen LogP contribution in [0, 0.1) is 0 Å². The van der Waals surface area contributed by atoms with Gasteiger partial charge in [-0.1, -0.05) is 31.7 Å². The molecule has 0 saturated carbocycles. The number of phenols is 1. The van der Waals surface area contributed by atoms with Gasteiger partial charge in [0.2, 0.25) is 5.91 Å². The van der Waals surface area contributed by atoms with E-state index >= 15 is 0 Å². The number of nitrogens with one attached hydrogen (secondary N) is 4. The summed E-state index contributed by atoms with van der Waals surface area (Å²) in [5.41, 5.74) is 15.5. The first-order valence-corrected chi connectivity index (χ1v) is 20.1. The molecule has 0 unspecified atom stereocenters. The molecule has 0 fully saturated rings. The molecule has 0 bridgehead atoms. The number of likely N-dealkylation sites (N-methyl/N-ethyl adjacent to an activating group) is 1. The molecular weight excluding hydrogens is 864 g/mol. The van der Waals surface area contributed by atoms with Crippen LogP contribution >= 0.6 is 11.6 Å². The van der Waals surface area contributed by atoms with Crippen LogP contribution < -0.4 is 37.5 Å². The molecule has 0 spiro atoms. The predicted molar refractivity (Wildman–Crippen MR) is 255 cm³/mol. The fourth-order valence-corrected chi connectivity index (χ4v) is 6.04. The number of pyridine rings is 2. The highest BCUT2D eigenvalue weighted by Crippen LogP contribution is 2.32. The average molecular weight is 909 g/mol. The van der Waals surface area contributed by atoms with Gasteiger partial charge < -0.3 is 42.6 Å². The van der Waals surface area contributed by atoms with Crippen molar-refractivity contribution in [2.24, 2.45) is 11.5 Å². The molecule has 4 aromatic heterocycles. The first kappa shape index (κ1) is 48.3. The van der Waals surface area contributed by atoms with Crippen molar-refractivity contribution in [3.05, 3.63) is 145 Å². The van der Waals surface area contributed by atoms with E-state index in [1.165, 1.54) is 7.05 Å². The molecule has 0 radical (unpaired) electrons. The number of phenolic OH excluding ortho intramolecular Hbond substituents is 1. The lowest BCUT2D eigenvalue weighted by molar-refractivity contribution is -0.122. The Labute approximate surface area is 383 Å². The number of halogens is 1. The molecule has 4 heterocycles. The Morgan fingerprint density at radius 2 is 1.11 bits per heavy atom. The zero-order chi connectivity index (χ0) is 46.3. The van der Waals surface area contributed by atoms with Crippen LogP contribution in [0.1, 0.15) is 28.1 Å². The second-order valence-corrected chi connectivity index (χ2v) is 13.8. The lowest BCUT2D eigenvalue weighted by Gasteiger charge is -2.14. The molecule has 19 heteroatoms. The first-order valence-electron chi connectivity index (χ1n) is 19.5. The topological polar surface area (TPSA) is 275 Å². The van der Waals surface area contributed by atoms with Gasteiger partial charge in [-0.25, -0.2) is 19.9 Å². The highest BCUT2D eigenvalue weighted by molar-refractivity contribution is 6.27. The number of aromatic hydroxyl groups is 1. The number of hydrogen-bond donors (Lipinski definition) is 7. The Balaban J connectivity index is 0.000000220. The average Bonchev–Trinajstić information content (AvgIpc) is 3.34. The van der Waals surface area contributed by atoms with E-state index in [0.29, 0.717) is 73.3 Å². The van der Waals surface area contributed by atoms with Gasteiger partial charge in [0, 0.05) is 60.8 Å². The third-order valence-corrected chi connectivity index (χ3v) is 9.37. The number of primary amides is 2. The standard InChI is InChI=1S/C23H20N6O3.C20H15N5O2.C3H6ClNO.CH4/c1-25-20(30)13-32-15-8-9-19-17(11-15)23(28-18-7-3-2-6-16(18)21(24)31)29-22(27-19)14-5-4-10-26-12-14;21-18(27)14-5-1-2-6-16(14)24-20-15-10-13(26)7-8-17(15)23-19(25-20)12-4-3-9-22-11-12;1-5-3(6)2-4;/h2-12H,13H2,1H3,(H2,24,31)(H,25,30)(H,27,28,29);1-11,26H,(H2,21,27)(H,23,24,25);2H2,1H3,(H,5,6);1H4. The fourth-order valence-electron chi connectivity index (χ4n) is 5.91. The molecule has 0 saturated heterocycles. The summed E-state index contributed by atoms with van der Waals surface area (Å²) in [7, 11) is 3.09. The van der Waals surface area contributed by atoms with Crippen molar-refractivity contribution in [1.29, 1.82) is 0 Å². The minimum atomic E-state index is -0.562. The third-order valence-electron chi connectivity index (χ3n) is 9.13. The van der Waals surface area contributed by atoms with Crippen LogP contribution in [0.15, 0.2) is 134 Å². The first-order chi connectivity index (χ1) is 31.5. The van der Waals surface area contributed by atoms with E-state index < -0.39 is 11.8 Å². The van der Waals surface area contributed by atoms with E-state index in [-0.39, 0.29) is 37.5 Å². The van der Waals surface area contributed by atoms with Crippen molar-refractivity contribution in [2.75, 3.05) is 37.2 Å². The summed E-state index contributed by atoms with van der Waals surface area (Å²) in [4.78, 5) is 71.8. The second-order valence-electron chi connectivity index (χ2n) is 13.5. The lowest BCUT2D eigenvalue weighted by atomic mass is 10.1. The number of para-hydroxylation sites is 2. The van der Waals surface area contributed by atoms with Gasteiger partial charge in [-0.3, -0.25) is 29.1 Å². The minimum Gasteiger partial charge on any atom is -0.508 e. The molecule has 0 aliphatic rings. The maximum atomic E-state index is 11.9. The number of benzene rings is 4. The number of fused-ring (bicyclic) bond motifs is 2. The van der Waals surface area contributed by atoms with Gasteiger partial charge in [0.15, 0.2) is 18.3 Å². The number of hydrogen-bond acceptors (Lipinski definition) is 14. The van der Waals surface area contributed by atoms with Crippen molar-refractivity contribution in [2.45, 2.75) is 7.43 Å². The van der Waals surface area contributed by atoms with Crippen molar-refractivity contribution >= 4 is 80.0 Å². The Hall–Kier alpha value is -8.77. The van der Waals surface area contributed by atoms with Crippen molar-refractivity contribution in [3.63, 3.8) is 0 Å². The summed E-state index contributed by atoms with van der Waals surface area (Å²) in [5, 5.41) is 22.3. The van der Waals surface area contributed by atoms with E-state index in [0.717, 1.165) is 11.1 Å². The van der Waals surface area contributed by atoms with Crippen molar-refractivity contribution in [3.8, 4) is 34.3 Å². The third kappa shape index (κ3) is 12.4. The molecule has 8 aromatic rings. The van der Waals surface area contributed by atoms with Crippen molar-refractivity contribution < 1.29 is 29.0 Å². The number of carbonyl (C=O) groups excluding carboxylic acids is 4. The molecule has 336 valence electrons. The molecule has 8 rings (SSSR count). The quantitative estimate of drug-likeness (QED) is 0.0645. The number of aromatic nitrogens is 6. The lowest BCUT2D eigenvalue weighted by Crippen LogP contribution is -2.24. The molecular formula is C47H45ClN12O6. The highest BCUT2D eigenvalue weighted by Gasteiger charge is 2.16. The van der Waals surface area contributed by atoms with Crippen LogP contribution in [0.25, 0.3) is 44.6 Å². The van der Waals surface area contributed by atoms with E-state index in [1.807, 2.05) is 12.1 Å². The van der Waals surface area contributed by atoms with E-state index in [9.17, 15) is 24.3 Å². The number of nitrogens with zero attached hydrogens (tertiary/aromatic N) is 6. The number of alkyl halides is 1. The normalized spacial score (nSPS) is 10.2. The van der Waals surface area contributed by atoms with Crippen LogP contribution in [0.2, 0.25) is 0 Å². The summed E-state index contributed by atoms with van der Waals surface area (Å²) in [6.07, 6.45) is 6.68. The van der Waals surface area contributed by atoms with Crippen LogP contribution in [-0.4, -0.2) is 85.2 Å². The van der Waals surface area contributed by atoms with Gasteiger partial charge in [-0.15, -0.1) is 11.6 Å². The second kappa shape index (κ2) is 23.1. The number of ether oxygens (including phenoxy) is 1. The number of rotatable bonds is 12. The Morgan fingerprint density at radius 1 is 0.621 bits per heavy atom. The minimum absolute atomic E-state index is 0. The maximum Gasteiger partial charge on any atom is 0.257 e. The summed E-state index contributed by atoms with van der Waals surface area (Å²) >= 11 is 5.04. The molecule has 18 nitrogen and oxygen atoms in total. The number of nitrogens with two attached hydrogens (primary N) is 2. The van der Waals surface area contributed by atoms with Gasteiger partial charge in [0.05, 0.1) is 33.5 Å². The molecule has 0 aliphatic heterocycles. The number of amides is 4. The largest absolute Gasteiger partial charge is 0.508 e. The van der Waals surface area contributed by atoms with Gasteiger partial charge in [-0.05, 0) is 84.9 Å². The Kier molecular flexibility index (Phi) is 16.9. The fraction of sp³-hybridized carbons (Fsp3) is 0.106. The smallest absolute Gasteiger partial charge is 0.257 e. The summed E-state index contributed by atoms with van der Waals surface area (Å²) in [6.45, 7) is -0.121. The van der Waals surface area contributed by atoms with Gasteiger partial charge in [0.1, 0.15) is 29.0 Å². The Bertz CT molecular complexity index is 2980. The van der Waals surface area contributed by atoms with Crippen LogP contribution in [0.5, 0.6) is 11.5 Å². The van der Waals surface area contributed by atoms with Gasteiger partial charge in [-0.2, -0.15) is 0 Å². The molecule has 0 atom stereocenters. The van der Waals surface area contributed by atoms with Crippen LogP contribution in [0.3, 0.4) is 0 Å². The number of anilines is 4. The SMILES string of the molecule is C.CNC(=O)CCl.CNC(=O)COc1ccc2nc(-c3cccnc3)nc(Nc3ccccc3C(N)=O)c2c1.NC(=O)c1ccccc1Nc1nc(-c2cccnc2)nc2ccc(O)cc12. The van der Waals surface area contributed by atoms with Gasteiger partial charge >= 0.3 is 0 Å². The van der Waals surface area contributed by atoms with Crippen LogP contribution in [0.4, 0.5) is 23.0 Å². The van der Waals surface area contributed by atoms with E-state index in [2.05, 4.69) is 51.2 Å². The van der Waals surface area contributed by atoms with Gasteiger partial charge in [0.25, 0.3) is 17.7 Å². The molecule has 0 aliphatic carbocycles. The molecule has 4 amide bonds. The summed E-state index contributed by atoms with van der Waals surface area (Å²) in [6, 6.07) is 31.2. The zero-order valence-corrected chi connectivity index (χ0v) is 35.6. The molecule has 66 heavy (non-hydrogen) atoms. The summed E-state index contributed by atoms with van der Waals surface area (Å²) in [5.74, 6) is 0.951. The van der Waals surface area contributed by atoms with Crippen LogP contribution in [-0.2, 0) is 9.59 Å². The predicted octanol–water partition coefficient (Wildman–Crippen LogP) is 6.51. The molecule has 4 aromatic carbocycles. The monoisotopic (exact) mass is 908 g/mol. The highest BCUT2D eigenvalue weighted by atomic mass is 35.5. The summed E-state index contributed by atoms with van der Waals surface area (Å²) < 4.78 is 5.57.